The molecule has 0 bridgehead atoms. The highest BCUT2D eigenvalue weighted by Gasteiger charge is 2.31. The molecule has 0 amide bonds. The minimum Gasteiger partial charge on any atom is -0.479 e. The Kier molecular flexibility index (Phi) is 16.4. The molecule has 0 spiro atoms. The minimum atomic E-state index is -4.45. The van der Waals surface area contributed by atoms with Crippen LogP contribution in [0.2, 0.25) is 0 Å². The van der Waals surface area contributed by atoms with Crippen LogP contribution in [0.3, 0.4) is 0 Å². The number of halogens is 6. The van der Waals surface area contributed by atoms with E-state index >= 15 is 0 Å². The maximum absolute atomic E-state index is 12.5. The summed E-state index contributed by atoms with van der Waals surface area (Å²) in [5, 5.41) is 0. The molecule has 2 aromatic heterocycles. The third kappa shape index (κ3) is 14.8. The maximum Gasteiger partial charge on any atom is 0.417 e. The number of benzene rings is 2. The molecule has 0 radical (unpaired) electrons. The molecule has 0 aliphatic rings. The van der Waals surface area contributed by atoms with Crippen molar-refractivity contribution in [2.45, 2.75) is 77.9 Å². The van der Waals surface area contributed by atoms with Crippen molar-refractivity contribution in [1.29, 1.82) is 0 Å². The van der Waals surface area contributed by atoms with E-state index in [-0.39, 0.29) is 11.8 Å². The van der Waals surface area contributed by atoms with Gasteiger partial charge in [-0.15, -0.1) is 0 Å². The lowest BCUT2D eigenvalue weighted by molar-refractivity contribution is -0.151. The first-order valence-corrected chi connectivity index (χ1v) is 16.9. The second-order valence-corrected chi connectivity index (χ2v) is 11.5. The summed E-state index contributed by atoms with van der Waals surface area (Å²) >= 11 is 0. The molecular weight excluding hydrogens is 726 g/mol. The molecule has 2 aromatic carbocycles. The van der Waals surface area contributed by atoms with Crippen molar-refractivity contribution in [3.8, 4) is 34.8 Å². The highest BCUT2D eigenvalue weighted by molar-refractivity contribution is 5.75. The standard InChI is InChI=1S/2C19H20F3NO4/c2*1-3-4-11-25-18(24)13(2)26-15-6-8-16(9-7-15)27-17-10-5-14(12-23-17)19(20,21)22/h2*5-10,12-13H,3-4,11H2,1-2H3. The number of carbonyl (C=O) groups is 2. The number of unbranched alkanes of at least 4 members (excludes halogenated alkanes) is 2. The number of alkyl halides is 6. The first-order valence-electron chi connectivity index (χ1n) is 16.9. The van der Waals surface area contributed by atoms with Crippen molar-refractivity contribution in [1.82, 2.24) is 9.97 Å². The van der Waals surface area contributed by atoms with Gasteiger partial charge in [0.1, 0.15) is 23.0 Å². The summed E-state index contributed by atoms with van der Waals surface area (Å²) in [5.74, 6) is 0.774. The van der Waals surface area contributed by atoms with Crippen molar-refractivity contribution >= 4 is 11.9 Å². The van der Waals surface area contributed by atoms with E-state index in [9.17, 15) is 35.9 Å². The van der Waals surface area contributed by atoms with Crippen LogP contribution < -0.4 is 18.9 Å². The molecule has 292 valence electrons. The quantitative estimate of drug-likeness (QED) is 0.0620. The maximum atomic E-state index is 12.5. The molecule has 2 heterocycles. The van der Waals surface area contributed by atoms with Gasteiger partial charge in [-0.2, -0.15) is 26.3 Å². The van der Waals surface area contributed by atoms with E-state index in [4.69, 9.17) is 28.4 Å². The molecule has 4 rings (SSSR count). The zero-order chi connectivity index (χ0) is 39.7. The Morgan fingerprint density at radius 3 is 1.17 bits per heavy atom. The predicted molar refractivity (Wildman–Crippen MR) is 183 cm³/mol. The van der Waals surface area contributed by atoms with Crippen LogP contribution in [0.5, 0.6) is 34.8 Å². The van der Waals surface area contributed by atoms with Crippen LogP contribution in [0.15, 0.2) is 85.2 Å². The number of ether oxygens (including phenoxy) is 6. The third-order valence-corrected chi connectivity index (χ3v) is 6.99. The molecule has 4 aromatic rings. The smallest absolute Gasteiger partial charge is 0.417 e. The lowest BCUT2D eigenvalue weighted by Crippen LogP contribution is -2.26. The van der Waals surface area contributed by atoms with Crippen LogP contribution in [-0.2, 0) is 31.4 Å². The van der Waals surface area contributed by atoms with Crippen LogP contribution in [0, 0.1) is 0 Å². The van der Waals surface area contributed by atoms with Crippen molar-refractivity contribution in [2.75, 3.05) is 13.2 Å². The van der Waals surface area contributed by atoms with Gasteiger partial charge in [-0.1, -0.05) is 26.7 Å². The fraction of sp³-hybridized carbons (Fsp3) is 0.368. The van der Waals surface area contributed by atoms with Crippen LogP contribution in [0.4, 0.5) is 26.3 Å². The lowest BCUT2D eigenvalue weighted by atomic mass is 10.3. The molecule has 0 saturated carbocycles. The van der Waals surface area contributed by atoms with Gasteiger partial charge in [-0.3, -0.25) is 0 Å². The third-order valence-electron chi connectivity index (χ3n) is 6.99. The Bertz CT molecular complexity index is 1590. The number of pyridine rings is 2. The summed E-state index contributed by atoms with van der Waals surface area (Å²) in [6, 6.07) is 16.6. The molecule has 0 saturated heterocycles. The topological polar surface area (TPSA) is 115 Å². The lowest BCUT2D eigenvalue weighted by Gasteiger charge is -2.14. The van der Waals surface area contributed by atoms with Gasteiger partial charge in [0.25, 0.3) is 0 Å². The normalized spacial score (nSPS) is 12.3. The number of hydrogen-bond donors (Lipinski definition) is 0. The SMILES string of the molecule is CCCCOC(=O)C(C)Oc1ccc(Oc2ccc(C(F)(F)F)cn2)cc1.CCCCOC(=O)C(C)Oc1ccc(Oc2ccc(C(F)(F)F)cn2)cc1. The van der Waals surface area contributed by atoms with Gasteiger partial charge < -0.3 is 28.4 Å². The molecule has 0 N–H and O–H groups in total. The molecular formula is C38H40F6N2O8. The number of esters is 2. The Morgan fingerprint density at radius 2 is 0.889 bits per heavy atom. The van der Waals surface area contributed by atoms with E-state index in [1.165, 1.54) is 0 Å². The summed E-state index contributed by atoms with van der Waals surface area (Å²) in [4.78, 5) is 30.8. The fourth-order valence-corrected chi connectivity index (χ4v) is 4.00. The van der Waals surface area contributed by atoms with Crippen molar-refractivity contribution in [3.05, 3.63) is 96.3 Å². The largest absolute Gasteiger partial charge is 0.479 e. The molecule has 16 heteroatoms. The van der Waals surface area contributed by atoms with Crippen molar-refractivity contribution < 1.29 is 64.4 Å². The second kappa shape index (κ2) is 20.6. The average molecular weight is 767 g/mol. The van der Waals surface area contributed by atoms with Gasteiger partial charge in [0, 0.05) is 24.5 Å². The van der Waals surface area contributed by atoms with Gasteiger partial charge in [0.15, 0.2) is 12.2 Å². The zero-order valence-electron chi connectivity index (χ0n) is 29.9. The molecule has 0 fully saturated rings. The highest BCUT2D eigenvalue weighted by atomic mass is 19.4. The van der Waals surface area contributed by atoms with E-state index < -0.39 is 47.6 Å². The fourth-order valence-electron chi connectivity index (χ4n) is 4.00. The monoisotopic (exact) mass is 766 g/mol. The van der Waals surface area contributed by atoms with Gasteiger partial charge in [0.05, 0.1) is 24.3 Å². The van der Waals surface area contributed by atoms with Crippen molar-refractivity contribution in [3.63, 3.8) is 0 Å². The van der Waals surface area contributed by atoms with Gasteiger partial charge in [-0.25, -0.2) is 19.6 Å². The molecule has 2 atom stereocenters. The molecule has 10 nitrogen and oxygen atoms in total. The Morgan fingerprint density at radius 1 is 0.556 bits per heavy atom. The van der Waals surface area contributed by atoms with E-state index in [1.54, 1.807) is 62.4 Å². The first-order chi connectivity index (χ1) is 25.6. The van der Waals surface area contributed by atoms with Gasteiger partial charge >= 0.3 is 24.3 Å². The molecule has 0 aliphatic carbocycles. The summed E-state index contributed by atoms with van der Waals surface area (Å²) in [5.41, 5.74) is -1.70. The van der Waals surface area contributed by atoms with E-state index in [0.29, 0.717) is 48.6 Å². The van der Waals surface area contributed by atoms with Crippen LogP contribution in [-0.4, -0.2) is 47.3 Å². The Hall–Kier alpha value is -5.54. The highest BCUT2D eigenvalue weighted by Crippen LogP contribution is 2.32. The zero-order valence-corrected chi connectivity index (χ0v) is 29.9. The Labute approximate surface area is 308 Å². The first kappa shape index (κ1) is 42.9. The van der Waals surface area contributed by atoms with Gasteiger partial charge in [-0.05, 0) is 87.4 Å². The minimum absolute atomic E-state index is 0.0320. The molecule has 0 aliphatic heterocycles. The summed E-state index contributed by atoms with van der Waals surface area (Å²) < 4.78 is 107. The molecule has 54 heavy (non-hydrogen) atoms. The Balaban J connectivity index is 0.000000290. The summed E-state index contributed by atoms with van der Waals surface area (Å²) in [7, 11) is 0. The second-order valence-electron chi connectivity index (χ2n) is 11.5. The van der Waals surface area contributed by atoms with Crippen LogP contribution >= 0.6 is 0 Å². The molecule has 2 unspecified atom stereocenters. The van der Waals surface area contributed by atoms with Crippen LogP contribution in [0.25, 0.3) is 0 Å². The number of carbonyl (C=O) groups excluding carboxylic acids is 2. The van der Waals surface area contributed by atoms with E-state index in [2.05, 4.69) is 9.97 Å². The average Bonchev–Trinajstić information content (AvgIpc) is 3.13. The van der Waals surface area contributed by atoms with E-state index in [1.807, 2.05) is 13.8 Å². The number of aromatic nitrogens is 2. The van der Waals surface area contributed by atoms with Gasteiger partial charge in [0.2, 0.25) is 11.8 Å². The summed E-state index contributed by atoms with van der Waals surface area (Å²) in [6.07, 6.45) is -5.55. The number of nitrogens with zero attached hydrogens (tertiary/aromatic N) is 2. The number of hydrogen-bond acceptors (Lipinski definition) is 10. The number of rotatable bonds is 16. The van der Waals surface area contributed by atoms with Crippen molar-refractivity contribution in [2.24, 2.45) is 0 Å². The van der Waals surface area contributed by atoms with Crippen LogP contribution in [0.1, 0.15) is 64.5 Å². The predicted octanol–water partition coefficient (Wildman–Crippen LogP) is 10.0. The summed E-state index contributed by atoms with van der Waals surface area (Å²) in [6.45, 7) is 7.89. The van der Waals surface area contributed by atoms with E-state index in [0.717, 1.165) is 49.9 Å².